The molecule has 1 aromatic heterocycles. The van der Waals surface area contributed by atoms with E-state index in [4.69, 9.17) is 26.2 Å². The highest BCUT2D eigenvalue weighted by Gasteiger charge is 2.13. The zero-order valence-corrected chi connectivity index (χ0v) is 11.6. The number of hydrogen-bond donors (Lipinski definition) is 2. The lowest BCUT2D eigenvalue weighted by molar-refractivity contribution is 0.0696. The Labute approximate surface area is 125 Å². The van der Waals surface area contributed by atoms with Crippen LogP contribution in [0.15, 0.2) is 30.5 Å². The van der Waals surface area contributed by atoms with Crippen LogP contribution in [0.4, 0.5) is 11.5 Å². The topological polar surface area (TPSA) is 80.7 Å². The molecule has 2 heterocycles. The van der Waals surface area contributed by atoms with Crippen molar-refractivity contribution >= 4 is 29.1 Å². The Morgan fingerprint density at radius 2 is 2.00 bits per heavy atom. The van der Waals surface area contributed by atoms with E-state index in [9.17, 15) is 4.79 Å². The van der Waals surface area contributed by atoms with Crippen LogP contribution < -0.4 is 14.8 Å². The molecule has 2 N–H and O–H groups in total. The van der Waals surface area contributed by atoms with Crippen LogP contribution in [0.1, 0.15) is 10.4 Å². The summed E-state index contributed by atoms with van der Waals surface area (Å²) >= 11 is 6.02. The van der Waals surface area contributed by atoms with Gasteiger partial charge in [0.05, 0.1) is 10.6 Å². The average molecular weight is 307 g/mol. The highest BCUT2D eigenvalue weighted by Crippen LogP contribution is 2.34. The van der Waals surface area contributed by atoms with Gasteiger partial charge < -0.3 is 19.9 Å². The average Bonchev–Trinajstić information content (AvgIpc) is 2.49. The van der Waals surface area contributed by atoms with Crippen molar-refractivity contribution in [1.29, 1.82) is 0 Å². The number of pyridine rings is 1. The fourth-order valence-electron chi connectivity index (χ4n) is 1.90. The zero-order valence-electron chi connectivity index (χ0n) is 10.8. The number of anilines is 2. The number of aromatic nitrogens is 1. The first-order valence-electron chi connectivity index (χ1n) is 6.19. The number of carbonyl (C=O) groups is 1. The van der Waals surface area contributed by atoms with E-state index in [-0.39, 0.29) is 10.6 Å². The molecule has 21 heavy (non-hydrogen) atoms. The molecular formula is C14H11ClN2O4. The van der Waals surface area contributed by atoms with E-state index in [1.807, 2.05) is 0 Å². The van der Waals surface area contributed by atoms with Crippen molar-refractivity contribution in [2.75, 3.05) is 18.5 Å². The van der Waals surface area contributed by atoms with Crippen LogP contribution in [-0.2, 0) is 0 Å². The first kappa shape index (κ1) is 13.5. The summed E-state index contributed by atoms with van der Waals surface area (Å²) in [7, 11) is 0. The Morgan fingerprint density at radius 3 is 2.71 bits per heavy atom. The van der Waals surface area contributed by atoms with Crippen LogP contribution in [0.3, 0.4) is 0 Å². The lowest BCUT2D eigenvalue weighted by atomic mass is 10.2. The lowest BCUT2D eigenvalue weighted by Crippen LogP contribution is -2.15. The van der Waals surface area contributed by atoms with Crippen LogP contribution in [0, 0.1) is 0 Å². The molecule has 0 radical (unpaired) electrons. The van der Waals surface area contributed by atoms with Gasteiger partial charge in [-0.25, -0.2) is 9.78 Å². The van der Waals surface area contributed by atoms with Gasteiger partial charge in [-0.3, -0.25) is 0 Å². The predicted molar refractivity (Wildman–Crippen MR) is 76.9 cm³/mol. The summed E-state index contributed by atoms with van der Waals surface area (Å²) in [5.41, 5.74) is 0.754. The second kappa shape index (κ2) is 5.49. The molecule has 0 fully saturated rings. The van der Waals surface area contributed by atoms with Gasteiger partial charge in [-0.1, -0.05) is 11.6 Å². The van der Waals surface area contributed by atoms with Crippen molar-refractivity contribution in [1.82, 2.24) is 4.98 Å². The van der Waals surface area contributed by atoms with Gasteiger partial charge in [-0.2, -0.15) is 0 Å². The molecule has 6 nitrogen and oxygen atoms in total. The molecule has 3 rings (SSSR count). The molecule has 2 aromatic rings. The number of fused-ring (bicyclic) bond motifs is 1. The summed E-state index contributed by atoms with van der Waals surface area (Å²) in [6.07, 6.45) is 1.24. The summed E-state index contributed by atoms with van der Waals surface area (Å²) in [5, 5.41) is 12.1. The molecule has 0 unspecified atom stereocenters. The van der Waals surface area contributed by atoms with Gasteiger partial charge in [-0.15, -0.1) is 0 Å². The summed E-state index contributed by atoms with van der Waals surface area (Å²) in [6.45, 7) is 1.03. The zero-order chi connectivity index (χ0) is 14.8. The van der Waals surface area contributed by atoms with Crippen molar-refractivity contribution in [2.45, 2.75) is 0 Å². The highest BCUT2D eigenvalue weighted by molar-refractivity contribution is 6.33. The van der Waals surface area contributed by atoms with Crippen molar-refractivity contribution in [2.24, 2.45) is 0 Å². The summed E-state index contributed by atoms with van der Waals surface area (Å²) in [5.74, 6) is 0.630. The Balaban J connectivity index is 1.85. The Hall–Kier alpha value is -2.47. The number of halogens is 1. The SMILES string of the molecule is O=C(O)c1cnc(Nc2ccc3c(c2)OCCO3)c(Cl)c1. The Kier molecular flexibility index (Phi) is 3.53. The minimum absolute atomic E-state index is 0.0349. The van der Waals surface area contributed by atoms with Gasteiger partial charge in [0.15, 0.2) is 11.5 Å². The molecule has 0 saturated carbocycles. The third-order valence-electron chi connectivity index (χ3n) is 2.89. The van der Waals surface area contributed by atoms with Crippen molar-refractivity contribution in [3.05, 3.63) is 41.0 Å². The van der Waals surface area contributed by atoms with Crippen molar-refractivity contribution < 1.29 is 19.4 Å². The fraction of sp³-hybridized carbons (Fsp3) is 0.143. The molecule has 108 valence electrons. The molecule has 0 amide bonds. The Bertz CT molecular complexity index is 705. The van der Waals surface area contributed by atoms with Crippen LogP contribution >= 0.6 is 11.6 Å². The maximum atomic E-state index is 10.8. The van der Waals surface area contributed by atoms with Gasteiger partial charge >= 0.3 is 5.97 Å². The van der Waals surface area contributed by atoms with Gasteiger partial charge in [0.2, 0.25) is 0 Å². The van der Waals surface area contributed by atoms with Crippen molar-refractivity contribution in [3.8, 4) is 11.5 Å². The van der Waals surface area contributed by atoms with Gasteiger partial charge in [0, 0.05) is 18.0 Å². The second-order valence-electron chi connectivity index (χ2n) is 4.34. The number of carboxylic acids is 1. The minimum Gasteiger partial charge on any atom is -0.486 e. The van der Waals surface area contributed by atoms with Crippen LogP contribution in [0.2, 0.25) is 5.02 Å². The predicted octanol–water partition coefficient (Wildman–Crippen LogP) is 2.95. The number of nitrogens with zero attached hydrogens (tertiary/aromatic N) is 1. The van der Waals surface area contributed by atoms with Crippen molar-refractivity contribution in [3.63, 3.8) is 0 Å². The number of aromatic carboxylic acids is 1. The highest BCUT2D eigenvalue weighted by atomic mass is 35.5. The minimum atomic E-state index is -1.07. The van der Waals surface area contributed by atoms with Gasteiger partial charge in [-0.05, 0) is 18.2 Å². The van der Waals surface area contributed by atoms with E-state index in [1.165, 1.54) is 12.3 Å². The number of nitrogens with one attached hydrogen (secondary N) is 1. The lowest BCUT2D eigenvalue weighted by Gasteiger charge is -2.19. The first-order chi connectivity index (χ1) is 10.1. The molecule has 7 heteroatoms. The summed E-state index contributed by atoms with van der Waals surface area (Å²) in [4.78, 5) is 14.8. The first-order valence-corrected chi connectivity index (χ1v) is 6.57. The number of hydrogen-bond acceptors (Lipinski definition) is 5. The molecule has 1 aliphatic rings. The monoisotopic (exact) mass is 306 g/mol. The van der Waals surface area contributed by atoms with Crippen LogP contribution in [0.5, 0.6) is 11.5 Å². The quantitative estimate of drug-likeness (QED) is 0.907. The molecule has 0 aliphatic carbocycles. The largest absolute Gasteiger partial charge is 0.486 e. The fourth-order valence-corrected chi connectivity index (χ4v) is 2.12. The summed E-state index contributed by atoms with van der Waals surface area (Å²) in [6, 6.07) is 6.71. The number of carboxylic acid groups (broad SMARTS) is 1. The third kappa shape index (κ3) is 2.85. The van der Waals surface area contributed by atoms with E-state index in [0.717, 1.165) is 5.69 Å². The number of rotatable bonds is 3. The van der Waals surface area contributed by atoms with E-state index >= 15 is 0 Å². The molecule has 0 saturated heterocycles. The molecule has 0 spiro atoms. The molecule has 0 atom stereocenters. The molecular weight excluding hydrogens is 296 g/mol. The third-order valence-corrected chi connectivity index (χ3v) is 3.18. The molecule has 0 bridgehead atoms. The van der Waals surface area contributed by atoms with Gasteiger partial charge in [0.25, 0.3) is 0 Å². The number of ether oxygens (including phenoxy) is 2. The Morgan fingerprint density at radius 1 is 1.24 bits per heavy atom. The van der Waals surface area contributed by atoms with E-state index < -0.39 is 5.97 Å². The molecule has 1 aromatic carbocycles. The normalized spacial score (nSPS) is 12.8. The van der Waals surface area contributed by atoms with E-state index in [1.54, 1.807) is 18.2 Å². The second-order valence-corrected chi connectivity index (χ2v) is 4.75. The van der Waals surface area contributed by atoms with E-state index in [0.29, 0.717) is 30.5 Å². The van der Waals surface area contributed by atoms with Crippen LogP contribution in [-0.4, -0.2) is 29.3 Å². The maximum Gasteiger partial charge on any atom is 0.337 e. The van der Waals surface area contributed by atoms with Gasteiger partial charge in [0.1, 0.15) is 19.0 Å². The smallest absolute Gasteiger partial charge is 0.337 e. The maximum absolute atomic E-state index is 10.8. The summed E-state index contributed by atoms with van der Waals surface area (Å²) < 4.78 is 10.9. The molecule has 1 aliphatic heterocycles. The standard InChI is InChI=1S/C14H11ClN2O4/c15-10-5-8(14(18)19)7-16-13(10)17-9-1-2-11-12(6-9)21-4-3-20-11/h1-2,5-7H,3-4H2,(H,16,17)(H,18,19). The van der Waals surface area contributed by atoms with E-state index in [2.05, 4.69) is 10.3 Å². The van der Waals surface area contributed by atoms with Crippen LogP contribution in [0.25, 0.3) is 0 Å². The number of benzene rings is 1.